The van der Waals surface area contributed by atoms with Gasteiger partial charge in [0.15, 0.2) is 23.1 Å². The molecule has 0 bridgehead atoms. The summed E-state index contributed by atoms with van der Waals surface area (Å²) in [5.41, 5.74) is 5.46. The Labute approximate surface area is 170 Å². The molecule has 3 aromatic carbocycles. The van der Waals surface area contributed by atoms with Crippen molar-refractivity contribution >= 4 is 0 Å². The summed E-state index contributed by atoms with van der Waals surface area (Å²) in [6, 6.07) is 16.7. The molecule has 0 aliphatic carbocycles. The van der Waals surface area contributed by atoms with Crippen LogP contribution in [0.5, 0.6) is 17.2 Å². The third kappa shape index (κ3) is 4.05. The van der Waals surface area contributed by atoms with Gasteiger partial charge in [-0.15, -0.1) is 0 Å². The Bertz CT molecular complexity index is 1020. The molecule has 0 fully saturated rings. The number of methoxy groups -OCH3 is 2. The highest BCUT2D eigenvalue weighted by molar-refractivity contribution is 5.64. The lowest BCUT2D eigenvalue weighted by Gasteiger charge is -2.29. The summed E-state index contributed by atoms with van der Waals surface area (Å²) in [6.45, 7) is 2.69. The lowest BCUT2D eigenvalue weighted by molar-refractivity contribution is 0.244. The third-order valence-electron chi connectivity index (χ3n) is 5.44. The van der Waals surface area contributed by atoms with Crippen LogP contribution in [0, 0.1) is 5.82 Å². The van der Waals surface area contributed by atoms with E-state index in [9.17, 15) is 9.50 Å². The lowest BCUT2D eigenvalue weighted by Crippen LogP contribution is -2.30. The molecule has 1 aliphatic rings. The highest BCUT2D eigenvalue weighted by Gasteiger charge is 2.19. The standard InChI is InChI=1S/C24H24FNO3/c1-28-23-12-19-9-10-26(15-20(19)13-24(23)29-2)14-16-3-5-17(6-4-16)18-7-8-22(27)21(25)11-18/h3-8,11-13,27H,9-10,14-15H2,1-2H3. The van der Waals surface area contributed by atoms with Crippen molar-refractivity contribution in [1.82, 2.24) is 4.90 Å². The molecule has 0 radical (unpaired) electrons. The van der Waals surface area contributed by atoms with Gasteiger partial charge in [-0.2, -0.15) is 0 Å². The normalized spacial score (nSPS) is 13.8. The number of aromatic hydroxyl groups is 1. The molecule has 150 valence electrons. The number of phenols is 1. The van der Waals surface area contributed by atoms with E-state index in [0.29, 0.717) is 0 Å². The average Bonchev–Trinajstić information content (AvgIpc) is 2.75. The van der Waals surface area contributed by atoms with E-state index in [2.05, 4.69) is 29.2 Å². The SMILES string of the molecule is COc1cc2c(cc1OC)CN(Cc1ccc(-c3ccc(O)c(F)c3)cc1)CC2. The number of nitrogens with zero attached hydrogens (tertiary/aromatic N) is 1. The minimum atomic E-state index is -0.606. The van der Waals surface area contributed by atoms with E-state index in [-0.39, 0.29) is 5.75 Å². The highest BCUT2D eigenvalue weighted by atomic mass is 19.1. The van der Waals surface area contributed by atoms with Gasteiger partial charge in [-0.3, -0.25) is 4.90 Å². The summed E-state index contributed by atoms with van der Waals surface area (Å²) in [6.07, 6.45) is 0.973. The van der Waals surface area contributed by atoms with Gasteiger partial charge in [0.25, 0.3) is 0 Å². The van der Waals surface area contributed by atoms with E-state index >= 15 is 0 Å². The van der Waals surface area contributed by atoms with E-state index in [4.69, 9.17) is 9.47 Å². The van der Waals surface area contributed by atoms with E-state index in [1.165, 1.54) is 28.8 Å². The number of hydrogen-bond acceptors (Lipinski definition) is 4. The van der Waals surface area contributed by atoms with Gasteiger partial charge in [0, 0.05) is 19.6 Å². The Morgan fingerprint density at radius 2 is 1.55 bits per heavy atom. The van der Waals surface area contributed by atoms with Crippen LogP contribution in [0.25, 0.3) is 11.1 Å². The predicted molar refractivity (Wildman–Crippen MR) is 111 cm³/mol. The van der Waals surface area contributed by atoms with Crippen molar-refractivity contribution in [2.45, 2.75) is 19.5 Å². The molecule has 0 spiro atoms. The molecule has 1 N–H and O–H groups in total. The maximum absolute atomic E-state index is 13.6. The zero-order chi connectivity index (χ0) is 20.4. The Balaban J connectivity index is 1.47. The predicted octanol–water partition coefficient (Wildman–Crippen LogP) is 4.77. The quantitative estimate of drug-likeness (QED) is 0.678. The summed E-state index contributed by atoms with van der Waals surface area (Å²) in [4.78, 5) is 2.41. The fourth-order valence-electron chi connectivity index (χ4n) is 3.82. The number of benzene rings is 3. The molecule has 4 rings (SSSR count). The van der Waals surface area contributed by atoms with Crippen LogP contribution in [-0.2, 0) is 19.5 Å². The summed E-state index contributed by atoms with van der Waals surface area (Å²) in [5.74, 6) is 0.607. The highest BCUT2D eigenvalue weighted by Crippen LogP contribution is 2.33. The molecule has 3 aromatic rings. The first-order valence-electron chi connectivity index (χ1n) is 9.61. The molecular formula is C24H24FNO3. The number of phenolic OH excluding ortho intramolecular Hbond substituents is 1. The van der Waals surface area contributed by atoms with Gasteiger partial charge >= 0.3 is 0 Å². The van der Waals surface area contributed by atoms with Crippen molar-refractivity contribution in [2.75, 3.05) is 20.8 Å². The molecule has 0 unspecified atom stereocenters. The molecule has 29 heavy (non-hydrogen) atoms. The van der Waals surface area contributed by atoms with Gasteiger partial charge in [0.2, 0.25) is 0 Å². The zero-order valence-corrected chi connectivity index (χ0v) is 16.6. The summed E-state index contributed by atoms with van der Waals surface area (Å²) in [7, 11) is 3.32. The van der Waals surface area contributed by atoms with Crippen molar-refractivity contribution in [3.63, 3.8) is 0 Å². The van der Waals surface area contributed by atoms with Gasteiger partial charge in [-0.05, 0) is 58.5 Å². The minimum Gasteiger partial charge on any atom is -0.505 e. The van der Waals surface area contributed by atoms with Crippen LogP contribution in [0.4, 0.5) is 4.39 Å². The monoisotopic (exact) mass is 393 g/mol. The molecular weight excluding hydrogens is 369 g/mol. The Kier molecular flexibility index (Phi) is 5.41. The van der Waals surface area contributed by atoms with Crippen molar-refractivity contribution in [3.05, 3.63) is 77.1 Å². The van der Waals surface area contributed by atoms with Crippen molar-refractivity contribution in [2.24, 2.45) is 0 Å². The second kappa shape index (κ2) is 8.13. The second-order valence-electron chi connectivity index (χ2n) is 7.30. The van der Waals surface area contributed by atoms with E-state index in [0.717, 1.165) is 48.7 Å². The van der Waals surface area contributed by atoms with Gasteiger partial charge in [0.1, 0.15) is 0 Å². The molecule has 0 atom stereocenters. The maximum Gasteiger partial charge on any atom is 0.165 e. The number of rotatable bonds is 5. The zero-order valence-electron chi connectivity index (χ0n) is 16.6. The smallest absolute Gasteiger partial charge is 0.165 e. The average molecular weight is 393 g/mol. The van der Waals surface area contributed by atoms with Crippen LogP contribution >= 0.6 is 0 Å². The number of ether oxygens (including phenoxy) is 2. The second-order valence-corrected chi connectivity index (χ2v) is 7.30. The van der Waals surface area contributed by atoms with Gasteiger partial charge in [-0.1, -0.05) is 30.3 Å². The van der Waals surface area contributed by atoms with E-state index < -0.39 is 5.82 Å². The first-order chi connectivity index (χ1) is 14.1. The van der Waals surface area contributed by atoms with Crippen LogP contribution in [0.1, 0.15) is 16.7 Å². The lowest BCUT2D eigenvalue weighted by atomic mass is 9.98. The van der Waals surface area contributed by atoms with E-state index in [1.807, 2.05) is 12.1 Å². The maximum atomic E-state index is 13.6. The van der Waals surface area contributed by atoms with Gasteiger partial charge in [0.05, 0.1) is 14.2 Å². The largest absolute Gasteiger partial charge is 0.505 e. The van der Waals surface area contributed by atoms with Crippen molar-refractivity contribution in [3.8, 4) is 28.4 Å². The minimum absolute atomic E-state index is 0.329. The summed E-state index contributed by atoms with van der Waals surface area (Å²) < 4.78 is 24.5. The van der Waals surface area contributed by atoms with Crippen molar-refractivity contribution < 1.29 is 19.0 Å². The molecule has 0 aromatic heterocycles. The van der Waals surface area contributed by atoms with Crippen LogP contribution in [0.15, 0.2) is 54.6 Å². The molecule has 1 heterocycles. The Hall–Kier alpha value is -3.05. The number of halogens is 1. The van der Waals surface area contributed by atoms with Crippen LogP contribution < -0.4 is 9.47 Å². The third-order valence-corrected chi connectivity index (χ3v) is 5.44. The summed E-state index contributed by atoms with van der Waals surface area (Å²) in [5, 5.41) is 9.35. The van der Waals surface area contributed by atoms with Crippen molar-refractivity contribution in [1.29, 1.82) is 0 Å². The Morgan fingerprint density at radius 1 is 0.897 bits per heavy atom. The van der Waals surface area contributed by atoms with Gasteiger partial charge in [-0.25, -0.2) is 4.39 Å². The van der Waals surface area contributed by atoms with E-state index in [1.54, 1.807) is 20.3 Å². The number of fused-ring (bicyclic) bond motifs is 1. The molecule has 1 aliphatic heterocycles. The first-order valence-corrected chi connectivity index (χ1v) is 9.61. The molecule has 0 saturated heterocycles. The van der Waals surface area contributed by atoms with Gasteiger partial charge < -0.3 is 14.6 Å². The molecule has 5 heteroatoms. The first kappa shape index (κ1) is 19.3. The topological polar surface area (TPSA) is 41.9 Å². The molecule has 0 saturated carbocycles. The fourth-order valence-corrected chi connectivity index (χ4v) is 3.82. The fraction of sp³-hybridized carbons (Fsp3) is 0.250. The molecule has 0 amide bonds. The van der Waals surface area contributed by atoms with Crippen LogP contribution in [-0.4, -0.2) is 30.8 Å². The molecule has 4 nitrogen and oxygen atoms in total. The van der Waals surface area contributed by atoms with Crippen LogP contribution in [0.2, 0.25) is 0 Å². The van der Waals surface area contributed by atoms with Crippen LogP contribution in [0.3, 0.4) is 0 Å². The summed E-state index contributed by atoms with van der Waals surface area (Å²) >= 11 is 0. The number of hydrogen-bond donors (Lipinski definition) is 1. The Morgan fingerprint density at radius 3 is 2.21 bits per heavy atom.